The topological polar surface area (TPSA) is 75.7 Å². The zero-order valence-corrected chi connectivity index (χ0v) is 17.2. The Labute approximate surface area is 170 Å². The summed E-state index contributed by atoms with van der Waals surface area (Å²) in [6.07, 6.45) is 2.33. The number of nitrogens with one attached hydrogen (secondary N) is 1. The van der Waals surface area contributed by atoms with Crippen molar-refractivity contribution in [2.45, 2.75) is 30.6 Å². The van der Waals surface area contributed by atoms with E-state index in [1.807, 2.05) is 0 Å². The van der Waals surface area contributed by atoms with Gasteiger partial charge in [0.25, 0.3) is 0 Å². The predicted molar refractivity (Wildman–Crippen MR) is 109 cm³/mol. The molecule has 1 aliphatic heterocycles. The molecule has 0 saturated carbocycles. The molecule has 0 radical (unpaired) electrons. The van der Waals surface area contributed by atoms with Gasteiger partial charge in [-0.3, -0.25) is 4.79 Å². The minimum absolute atomic E-state index is 0.169. The van der Waals surface area contributed by atoms with E-state index in [2.05, 4.69) is 5.32 Å². The number of halogens is 1. The maximum Gasteiger partial charge on any atom is 0.243 e. The quantitative estimate of drug-likeness (QED) is 0.738. The summed E-state index contributed by atoms with van der Waals surface area (Å²) in [6, 6.07) is 11.7. The van der Waals surface area contributed by atoms with Gasteiger partial charge in [0.15, 0.2) is 0 Å². The minimum atomic E-state index is -3.51. The van der Waals surface area contributed by atoms with E-state index in [0.717, 1.165) is 12.8 Å². The molecule has 2 aromatic carbocycles. The van der Waals surface area contributed by atoms with Crippen LogP contribution >= 0.6 is 11.6 Å². The number of anilines is 1. The normalized spacial score (nSPS) is 14.8. The number of methoxy groups -OCH3 is 1. The Morgan fingerprint density at radius 2 is 1.82 bits per heavy atom. The van der Waals surface area contributed by atoms with Crippen LogP contribution < -0.4 is 10.1 Å². The van der Waals surface area contributed by atoms with Crippen LogP contribution in [0.15, 0.2) is 47.4 Å². The van der Waals surface area contributed by atoms with Gasteiger partial charge in [0, 0.05) is 30.2 Å². The van der Waals surface area contributed by atoms with Crippen molar-refractivity contribution in [3.05, 3.63) is 53.1 Å². The first kappa shape index (κ1) is 20.6. The Kier molecular flexibility index (Phi) is 6.59. The Hall–Kier alpha value is -2.09. The molecule has 6 nitrogen and oxygen atoms in total. The highest BCUT2D eigenvalue weighted by molar-refractivity contribution is 7.89. The van der Waals surface area contributed by atoms with E-state index in [9.17, 15) is 13.2 Å². The molecule has 1 amide bonds. The number of nitrogens with zero attached hydrogens (tertiary/aromatic N) is 1. The van der Waals surface area contributed by atoms with Crippen molar-refractivity contribution in [1.29, 1.82) is 0 Å². The fourth-order valence-electron chi connectivity index (χ4n) is 3.19. The second-order valence-electron chi connectivity index (χ2n) is 6.64. The lowest BCUT2D eigenvalue weighted by molar-refractivity contribution is -0.116. The number of hydrogen-bond donors (Lipinski definition) is 1. The van der Waals surface area contributed by atoms with E-state index in [4.69, 9.17) is 16.3 Å². The van der Waals surface area contributed by atoms with Gasteiger partial charge in [0.05, 0.1) is 12.0 Å². The fraction of sp³-hybridized carbons (Fsp3) is 0.350. The summed E-state index contributed by atoms with van der Waals surface area (Å²) in [5, 5.41) is 3.40. The number of carbonyl (C=O) groups excluding carboxylic acids is 1. The largest absolute Gasteiger partial charge is 0.496 e. The highest BCUT2D eigenvalue weighted by Crippen LogP contribution is 2.27. The first-order chi connectivity index (χ1) is 13.4. The number of hydrogen-bond acceptors (Lipinski definition) is 4. The van der Waals surface area contributed by atoms with E-state index in [1.54, 1.807) is 42.5 Å². The summed E-state index contributed by atoms with van der Waals surface area (Å²) < 4.78 is 32.4. The van der Waals surface area contributed by atoms with Crippen molar-refractivity contribution in [2.75, 3.05) is 25.5 Å². The molecule has 1 heterocycles. The molecule has 0 aromatic heterocycles. The van der Waals surface area contributed by atoms with Crippen LogP contribution in [0.2, 0.25) is 5.02 Å². The summed E-state index contributed by atoms with van der Waals surface area (Å²) >= 11 is 5.84. The highest BCUT2D eigenvalue weighted by atomic mass is 35.5. The van der Waals surface area contributed by atoms with Gasteiger partial charge < -0.3 is 10.1 Å². The van der Waals surface area contributed by atoms with Crippen LogP contribution in [0.1, 0.15) is 24.8 Å². The first-order valence-electron chi connectivity index (χ1n) is 9.12. The lowest BCUT2D eigenvalue weighted by Crippen LogP contribution is -2.28. The molecule has 1 saturated heterocycles. The van der Waals surface area contributed by atoms with E-state index in [-0.39, 0.29) is 17.2 Å². The van der Waals surface area contributed by atoms with Crippen LogP contribution in [0.3, 0.4) is 0 Å². The van der Waals surface area contributed by atoms with Crippen LogP contribution in [-0.2, 0) is 21.2 Å². The molecule has 0 aliphatic carbocycles. The molecule has 0 bridgehead atoms. The summed E-state index contributed by atoms with van der Waals surface area (Å²) in [7, 11) is -1.98. The zero-order chi connectivity index (χ0) is 20.1. The van der Waals surface area contributed by atoms with Crippen molar-refractivity contribution < 1.29 is 17.9 Å². The summed E-state index contributed by atoms with van der Waals surface area (Å²) in [5.74, 6) is 0.400. The van der Waals surface area contributed by atoms with Gasteiger partial charge in [0.1, 0.15) is 5.75 Å². The van der Waals surface area contributed by atoms with Gasteiger partial charge in [0.2, 0.25) is 15.9 Å². The fourth-order valence-corrected chi connectivity index (χ4v) is 4.89. The Balaban J connectivity index is 1.71. The van der Waals surface area contributed by atoms with Crippen LogP contribution in [0.5, 0.6) is 5.75 Å². The van der Waals surface area contributed by atoms with E-state index in [0.29, 0.717) is 41.5 Å². The van der Waals surface area contributed by atoms with Gasteiger partial charge in [-0.1, -0.05) is 11.6 Å². The number of amides is 1. The molecular weight excluding hydrogens is 400 g/mol. The molecule has 8 heteroatoms. The van der Waals surface area contributed by atoms with Gasteiger partial charge in [-0.2, -0.15) is 4.31 Å². The molecule has 3 rings (SSSR count). The van der Waals surface area contributed by atoms with Crippen LogP contribution in [0.4, 0.5) is 5.69 Å². The Morgan fingerprint density at radius 1 is 1.14 bits per heavy atom. The average molecular weight is 423 g/mol. The third-order valence-electron chi connectivity index (χ3n) is 4.70. The number of sulfonamides is 1. The minimum Gasteiger partial charge on any atom is -0.496 e. The molecule has 2 aromatic rings. The maximum absolute atomic E-state index is 12.8. The Morgan fingerprint density at radius 3 is 2.46 bits per heavy atom. The van der Waals surface area contributed by atoms with E-state index >= 15 is 0 Å². The molecule has 1 aliphatic rings. The average Bonchev–Trinajstić information content (AvgIpc) is 3.23. The number of ether oxygens (including phenoxy) is 1. The molecule has 0 atom stereocenters. The molecule has 150 valence electrons. The lowest BCUT2D eigenvalue weighted by Gasteiger charge is -2.17. The number of carbonyl (C=O) groups is 1. The Bertz CT molecular complexity index is 939. The molecule has 0 spiro atoms. The number of benzene rings is 2. The summed E-state index contributed by atoms with van der Waals surface area (Å²) in [6.45, 7) is 1.10. The molecule has 0 unspecified atom stereocenters. The van der Waals surface area contributed by atoms with E-state index < -0.39 is 10.0 Å². The highest BCUT2D eigenvalue weighted by Gasteiger charge is 2.27. The first-order valence-corrected chi connectivity index (χ1v) is 10.9. The van der Waals surface area contributed by atoms with Gasteiger partial charge in [-0.15, -0.1) is 0 Å². The van der Waals surface area contributed by atoms with Crippen molar-refractivity contribution in [1.82, 2.24) is 4.31 Å². The lowest BCUT2D eigenvalue weighted by atomic mass is 10.1. The zero-order valence-electron chi connectivity index (χ0n) is 15.7. The van der Waals surface area contributed by atoms with Crippen molar-refractivity contribution in [3.63, 3.8) is 0 Å². The monoisotopic (exact) mass is 422 g/mol. The van der Waals surface area contributed by atoms with Crippen molar-refractivity contribution in [3.8, 4) is 5.75 Å². The van der Waals surface area contributed by atoms with Gasteiger partial charge >= 0.3 is 0 Å². The predicted octanol–water partition coefficient (Wildman–Crippen LogP) is 3.70. The second kappa shape index (κ2) is 8.94. The van der Waals surface area contributed by atoms with E-state index in [1.165, 1.54) is 11.4 Å². The third-order valence-corrected chi connectivity index (χ3v) is 6.85. The summed E-state index contributed by atoms with van der Waals surface area (Å²) in [4.78, 5) is 12.5. The van der Waals surface area contributed by atoms with Gasteiger partial charge in [-0.05, 0) is 67.3 Å². The van der Waals surface area contributed by atoms with Crippen molar-refractivity contribution in [2.24, 2.45) is 0 Å². The molecule has 28 heavy (non-hydrogen) atoms. The molecule has 1 N–H and O–H groups in total. The van der Waals surface area contributed by atoms with Crippen LogP contribution in [0, 0.1) is 0 Å². The number of aryl methyl sites for hydroxylation is 1. The number of rotatable bonds is 7. The van der Waals surface area contributed by atoms with Crippen molar-refractivity contribution >= 4 is 33.2 Å². The van der Waals surface area contributed by atoms with Crippen LogP contribution in [-0.4, -0.2) is 38.8 Å². The smallest absolute Gasteiger partial charge is 0.243 e. The summed E-state index contributed by atoms with van der Waals surface area (Å²) in [5.41, 5.74) is 1.35. The molecule has 1 fully saturated rings. The second-order valence-corrected chi connectivity index (χ2v) is 9.01. The van der Waals surface area contributed by atoms with Gasteiger partial charge in [-0.25, -0.2) is 8.42 Å². The molecular formula is C20H23ClN2O4S. The van der Waals surface area contributed by atoms with Crippen LogP contribution in [0.25, 0.3) is 0 Å². The SMILES string of the molecule is COc1ccc(S(=O)(=O)N2CCCC2)cc1CCC(=O)Nc1ccc(Cl)cc1. The maximum atomic E-state index is 12.8. The standard InChI is InChI=1S/C20H23ClN2O4S/c1-27-19-10-9-18(28(25,26)23-12-2-3-13-23)14-15(19)4-11-20(24)22-17-7-5-16(21)6-8-17/h5-10,14H,2-4,11-13H2,1H3,(H,22,24). The third kappa shape index (κ3) is 4.84.